The lowest BCUT2D eigenvalue weighted by Gasteiger charge is -2.34. The molecule has 120 valence electrons. The number of carbonyl (C=O) groups is 2. The Morgan fingerprint density at radius 3 is 2.26 bits per heavy atom. The van der Waals surface area contributed by atoms with E-state index in [9.17, 15) is 25.1 Å². The fraction of sp³-hybridized carbons (Fsp3) is 0.312. The number of nitriles is 1. The largest absolute Gasteiger partial charge is 0.504 e. The minimum Gasteiger partial charge on any atom is -0.504 e. The second-order valence-corrected chi connectivity index (χ2v) is 5.22. The Morgan fingerprint density at radius 1 is 1.13 bits per heavy atom. The average Bonchev–Trinajstić information content (AvgIpc) is 2.55. The summed E-state index contributed by atoms with van der Waals surface area (Å²) in [5, 5.41) is 27.9. The zero-order valence-electron chi connectivity index (χ0n) is 12.7. The molecule has 1 saturated heterocycles. The van der Waals surface area contributed by atoms with Gasteiger partial charge in [-0.05, 0) is 23.8 Å². The van der Waals surface area contributed by atoms with Crippen molar-refractivity contribution in [1.29, 1.82) is 5.26 Å². The van der Waals surface area contributed by atoms with E-state index in [4.69, 9.17) is 0 Å². The van der Waals surface area contributed by atoms with Crippen LogP contribution in [0.2, 0.25) is 0 Å². The summed E-state index contributed by atoms with van der Waals surface area (Å²) in [6, 6.07) is 5.91. The molecular formula is C16H17N3O4. The van der Waals surface area contributed by atoms with Crippen LogP contribution < -0.4 is 0 Å². The van der Waals surface area contributed by atoms with E-state index in [1.54, 1.807) is 4.90 Å². The fourth-order valence-corrected chi connectivity index (χ4v) is 2.33. The maximum atomic E-state index is 12.4. The Morgan fingerprint density at radius 2 is 1.74 bits per heavy atom. The molecule has 1 heterocycles. The maximum absolute atomic E-state index is 12.4. The van der Waals surface area contributed by atoms with Gasteiger partial charge in [0, 0.05) is 33.1 Å². The van der Waals surface area contributed by atoms with Gasteiger partial charge in [-0.25, -0.2) is 0 Å². The molecule has 1 aromatic rings. The van der Waals surface area contributed by atoms with Crippen LogP contribution >= 0.6 is 0 Å². The summed E-state index contributed by atoms with van der Waals surface area (Å²) in [6.45, 7) is 3.12. The number of phenolic OH excluding ortho intramolecular Hbond substituents is 2. The first-order chi connectivity index (χ1) is 10.9. The van der Waals surface area contributed by atoms with E-state index < -0.39 is 5.91 Å². The minimum atomic E-state index is -0.414. The lowest BCUT2D eigenvalue weighted by molar-refractivity contribution is -0.135. The van der Waals surface area contributed by atoms with Crippen LogP contribution in [0.1, 0.15) is 12.5 Å². The molecule has 0 saturated carbocycles. The predicted octanol–water partition coefficient (Wildman–Crippen LogP) is 0.695. The molecule has 0 atom stereocenters. The predicted molar refractivity (Wildman–Crippen MR) is 82.2 cm³/mol. The standard InChI is InChI=1S/C16H17N3O4/c1-11(20)18-4-6-19(7-5-18)16(23)13(10-17)8-12-2-3-14(21)15(22)9-12/h2-3,8-9,21-22H,4-7H2,1H3/b13-8+. The number of carbonyl (C=O) groups excluding carboxylic acids is 2. The number of aromatic hydroxyl groups is 2. The van der Waals surface area contributed by atoms with Gasteiger partial charge in [0.25, 0.3) is 5.91 Å². The Bertz CT molecular complexity index is 698. The van der Waals surface area contributed by atoms with Crippen molar-refractivity contribution >= 4 is 17.9 Å². The summed E-state index contributed by atoms with van der Waals surface area (Å²) >= 11 is 0. The highest BCUT2D eigenvalue weighted by molar-refractivity contribution is 6.01. The van der Waals surface area contributed by atoms with Gasteiger partial charge in [0.1, 0.15) is 11.6 Å². The fourth-order valence-electron chi connectivity index (χ4n) is 2.33. The van der Waals surface area contributed by atoms with E-state index >= 15 is 0 Å². The number of hydrogen-bond donors (Lipinski definition) is 2. The van der Waals surface area contributed by atoms with Crippen molar-refractivity contribution in [2.75, 3.05) is 26.2 Å². The third kappa shape index (κ3) is 3.80. The summed E-state index contributed by atoms with van der Waals surface area (Å²) in [7, 11) is 0. The summed E-state index contributed by atoms with van der Waals surface area (Å²) in [5.74, 6) is -1.04. The van der Waals surface area contributed by atoms with Gasteiger partial charge < -0.3 is 20.0 Å². The highest BCUT2D eigenvalue weighted by atomic mass is 16.3. The number of rotatable bonds is 2. The van der Waals surface area contributed by atoms with Crippen LogP contribution in [-0.4, -0.2) is 58.0 Å². The zero-order chi connectivity index (χ0) is 17.0. The van der Waals surface area contributed by atoms with Crippen molar-refractivity contribution in [2.24, 2.45) is 0 Å². The van der Waals surface area contributed by atoms with E-state index in [-0.39, 0.29) is 23.0 Å². The van der Waals surface area contributed by atoms with Crippen molar-refractivity contribution in [3.8, 4) is 17.6 Å². The minimum absolute atomic E-state index is 0.0345. The normalized spacial score (nSPS) is 15.2. The second-order valence-electron chi connectivity index (χ2n) is 5.22. The molecular weight excluding hydrogens is 298 g/mol. The summed E-state index contributed by atoms with van der Waals surface area (Å²) in [6.07, 6.45) is 1.36. The van der Waals surface area contributed by atoms with Gasteiger partial charge in [0.15, 0.2) is 11.5 Å². The number of hydrogen-bond acceptors (Lipinski definition) is 5. The lowest BCUT2D eigenvalue weighted by Crippen LogP contribution is -2.50. The van der Waals surface area contributed by atoms with Crippen molar-refractivity contribution < 1.29 is 19.8 Å². The molecule has 0 spiro atoms. The first-order valence-electron chi connectivity index (χ1n) is 7.11. The number of piperazine rings is 1. The van der Waals surface area contributed by atoms with Crippen LogP contribution in [0.5, 0.6) is 11.5 Å². The van der Waals surface area contributed by atoms with Crippen LogP contribution in [0.15, 0.2) is 23.8 Å². The molecule has 0 aromatic heterocycles. The van der Waals surface area contributed by atoms with Gasteiger partial charge in [0.05, 0.1) is 0 Å². The highest BCUT2D eigenvalue weighted by Gasteiger charge is 2.24. The van der Waals surface area contributed by atoms with E-state index in [2.05, 4.69) is 0 Å². The Labute approximate surface area is 133 Å². The lowest BCUT2D eigenvalue weighted by atomic mass is 10.1. The van der Waals surface area contributed by atoms with Crippen molar-refractivity contribution in [3.63, 3.8) is 0 Å². The molecule has 0 aliphatic carbocycles. The molecule has 2 N–H and O–H groups in total. The first-order valence-corrected chi connectivity index (χ1v) is 7.11. The Kier molecular flexibility index (Phi) is 4.86. The molecule has 2 amide bonds. The van der Waals surface area contributed by atoms with E-state index in [0.717, 1.165) is 0 Å². The van der Waals surface area contributed by atoms with Gasteiger partial charge in [-0.2, -0.15) is 5.26 Å². The van der Waals surface area contributed by atoms with Gasteiger partial charge in [-0.3, -0.25) is 9.59 Å². The summed E-state index contributed by atoms with van der Waals surface area (Å²) < 4.78 is 0. The van der Waals surface area contributed by atoms with Gasteiger partial charge >= 0.3 is 0 Å². The zero-order valence-corrected chi connectivity index (χ0v) is 12.7. The van der Waals surface area contributed by atoms with Gasteiger partial charge in [-0.15, -0.1) is 0 Å². The van der Waals surface area contributed by atoms with Gasteiger partial charge in [0.2, 0.25) is 5.91 Å². The van der Waals surface area contributed by atoms with E-state index in [0.29, 0.717) is 31.7 Å². The molecule has 23 heavy (non-hydrogen) atoms. The number of amides is 2. The topological polar surface area (TPSA) is 105 Å². The number of phenols is 2. The van der Waals surface area contributed by atoms with Crippen LogP contribution in [0, 0.1) is 11.3 Å². The molecule has 1 aliphatic heterocycles. The van der Waals surface area contributed by atoms with Crippen LogP contribution in [0.25, 0.3) is 6.08 Å². The third-order valence-electron chi connectivity index (χ3n) is 3.67. The number of nitrogens with zero attached hydrogens (tertiary/aromatic N) is 3. The van der Waals surface area contributed by atoms with E-state index in [1.807, 2.05) is 6.07 Å². The maximum Gasteiger partial charge on any atom is 0.264 e. The monoisotopic (exact) mass is 315 g/mol. The van der Waals surface area contributed by atoms with E-state index in [1.165, 1.54) is 36.1 Å². The van der Waals surface area contributed by atoms with Crippen molar-refractivity contribution in [3.05, 3.63) is 29.3 Å². The summed E-state index contributed by atoms with van der Waals surface area (Å²) in [5.41, 5.74) is 0.374. The number of benzene rings is 1. The Balaban J connectivity index is 2.13. The third-order valence-corrected chi connectivity index (χ3v) is 3.67. The van der Waals surface area contributed by atoms with Crippen LogP contribution in [0.4, 0.5) is 0 Å². The van der Waals surface area contributed by atoms with Crippen molar-refractivity contribution in [1.82, 2.24) is 9.80 Å². The molecule has 0 radical (unpaired) electrons. The molecule has 7 nitrogen and oxygen atoms in total. The molecule has 0 unspecified atom stereocenters. The first kappa shape index (κ1) is 16.4. The van der Waals surface area contributed by atoms with Crippen LogP contribution in [-0.2, 0) is 9.59 Å². The summed E-state index contributed by atoms with van der Waals surface area (Å²) in [4.78, 5) is 26.8. The average molecular weight is 315 g/mol. The van der Waals surface area contributed by atoms with Crippen molar-refractivity contribution in [2.45, 2.75) is 6.92 Å². The molecule has 2 rings (SSSR count). The molecule has 1 fully saturated rings. The highest BCUT2D eigenvalue weighted by Crippen LogP contribution is 2.26. The van der Waals surface area contributed by atoms with Crippen LogP contribution in [0.3, 0.4) is 0 Å². The smallest absolute Gasteiger partial charge is 0.264 e. The quantitative estimate of drug-likeness (QED) is 0.475. The molecule has 0 bridgehead atoms. The molecule has 7 heteroatoms. The Hall–Kier alpha value is -3.01. The van der Waals surface area contributed by atoms with Gasteiger partial charge in [-0.1, -0.05) is 6.07 Å². The SMILES string of the molecule is CC(=O)N1CCN(C(=O)/C(C#N)=C/c2ccc(O)c(O)c2)CC1. The molecule has 1 aliphatic rings. The second kappa shape index (κ2) is 6.83. The molecule has 1 aromatic carbocycles.